The van der Waals surface area contributed by atoms with Crippen molar-refractivity contribution in [3.8, 4) is 0 Å². The molecule has 2 aliphatic rings. The number of halogens is 1. The molecular formula is C16H24FN3O. The lowest BCUT2D eigenvalue weighted by Crippen LogP contribution is -2.47. The van der Waals surface area contributed by atoms with Gasteiger partial charge in [0.2, 0.25) is 0 Å². The van der Waals surface area contributed by atoms with E-state index >= 15 is 0 Å². The first-order valence-electron chi connectivity index (χ1n) is 7.85. The first-order chi connectivity index (χ1) is 10.0. The van der Waals surface area contributed by atoms with Gasteiger partial charge in [-0.1, -0.05) is 6.92 Å². The van der Waals surface area contributed by atoms with Crippen molar-refractivity contribution in [2.24, 2.45) is 11.7 Å². The van der Waals surface area contributed by atoms with Gasteiger partial charge < -0.3 is 10.8 Å². The average molecular weight is 293 g/mol. The van der Waals surface area contributed by atoms with E-state index in [1.54, 1.807) is 6.07 Å². The molecule has 0 aliphatic carbocycles. The Balaban J connectivity index is 1.63. The van der Waals surface area contributed by atoms with Gasteiger partial charge >= 0.3 is 0 Å². The second kappa shape index (κ2) is 5.99. The van der Waals surface area contributed by atoms with Gasteiger partial charge in [-0.2, -0.15) is 0 Å². The van der Waals surface area contributed by atoms with Crippen molar-refractivity contribution in [1.82, 2.24) is 9.88 Å². The van der Waals surface area contributed by atoms with Crippen LogP contribution in [0.15, 0.2) is 18.3 Å². The summed E-state index contributed by atoms with van der Waals surface area (Å²) in [5.74, 6) is -0.0806. The zero-order chi connectivity index (χ0) is 15.0. The highest BCUT2D eigenvalue weighted by molar-refractivity contribution is 5.10. The van der Waals surface area contributed by atoms with Crippen LogP contribution in [0.5, 0.6) is 0 Å². The zero-order valence-electron chi connectivity index (χ0n) is 12.5. The van der Waals surface area contributed by atoms with Crippen molar-refractivity contribution >= 4 is 0 Å². The van der Waals surface area contributed by atoms with Crippen LogP contribution in [0.4, 0.5) is 4.39 Å². The van der Waals surface area contributed by atoms with Crippen LogP contribution < -0.4 is 5.73 Å². The molecule has 3 N–H and O–H groups in total. The number of hydrogen-bond acceptors (Lipinski definition) is 4. The topological polar surface area (TPSA) is 62.4 Å². The second-order valence-corrected chi connectivity index (χ2v) is 6.61. The SMILES string of the molecule is CC(CN1C2CCC1CC(O)C2)C(N)c1ccc(F)cn1. The Kier molecular flexibility index (Phi) is 4.24. The summed E-state index contributed by atoms with van der Waals surface area (Å²) in [4.78, 5) is 6.61. The van der Waals surface area contributed by atoms with Crippen LogP contribution >= 0.6 is 0 Å². The van der Waals surface area contributed by atoms with E-state index < -0.39 is 0 Å². The summed E-state index contributed by atoms with van der Waals surface area (Å²) in [6, 6.07) is 3.89. The standard InChI is InChI=1S/C16H24FN3O/c1-10(16(18)15-5-2-11(17)8-19-15)9-20-12-3-4-13(20)7-14(21)6-12/h2,5,8,10,12-14,16,21H,3-4,6-7,9,18H2,1H3. The van der Waals surface area contributed by atoms with Gasteiger partial charge in [0, 0.05) is 18.6 Å². The molecule has 3 rings (SSSR count). The zero-order valence-corrected chi connectivity index (χ0v) is 12.5. The van der Waals surface area contributed by atoms with E-state index in [-0.39, 0.29) is 23.9 Å². The van der Waals surface area contributed by atoms with Gasteiger partial charge in [-0.25, -0.2) is 4.39 Å². The number of aliphatic hydroxyl groups excluding tert-OH is 1. The molecule has 0 saturated carbocycles. The number of aliphatic hydroxyl groups is 1. The molecule has 0 radical (unpaired) electrons. The fourth-order valence-corrected chi connectivity index (χ4v) is 3.87. The molecule has 116 valence electrons. The van der Waals surface area contributed by atoms with Gasteiger partial charge in [0.1, 0.15) is 5.82 Å². The lowest BCUT2D eigenvalue weighted by molar-refractivity contribution is 0.0261. The number of nitrogens with two attached hydrogens (primary N) is 1. The quantitative estimate of drug-likeness (QED) is 0.889. The van der Waals surface area contributed by atoms with Gasteiger partial charge in [0.25, 0.3) is 0 Å². The fourth-order valence-electron chi connectivity index (χ4n) is 3.87. The predicted octanol–water partition coefficient (Wildman–Crippen LogP) is 1.84. The summed E-state index contributed by atoms with van der Waals surface area (Å²) in [6.07, 6.45) is 5.21. The van der Waals surface area contributed by atoms with Crippen LogP contribution in [-0.4, -0.2) is 39.7 Å². The molecule has 0 amide bonds. The second-order valence-electron chi connectivity index (χ2n) is 6.61. The molecule has 2 saturated heterocycles. The van der Waals surface area contributed by atoms with Gasteiger partial charge in [0.15, 0.2) is 0 Å². The molecule has 1 aromatic heterocycles. The van der Waals surface area contributed by atoms with Crippen LogP contribution in [0.25, 0.3) is 0 Å². The highest BCUT2D eigenvalue weighted by Gasteiger charge is 2.40. The number of aromatic nitrogens is 1. The van der Waals surface area contributed by atoms with E-state index in [2.05, 4.69) is 16.8 Å². The Morgan fingerprint density at radius 1 is 1.38 bits per heavy atom. The molecule has 4 nitrogen and oxygen atoms in total. The first kappa shape index (κ1) is 14.9. The Labute approximate surface area is 125 Å². The van der Waals surface area contributed by atoms with E-state index in [0.29, 0.717) is 12.1 Å². The molecule has 4 atom stereocenters. The maximum absolute atomic E-state index is 12.9. The predicted molar refractivity (Wildman–Crippen MR) is 79.0 cm³/mol. The molecule has 2 bridgehead atoms. The number of pyridine rings is 1. The summed E-state index contributed by atoms with van der Waals surface area (Å²) >= 11 is 0. The molecule has 4 unspecified atom stereocenters. The highest BCUT2D eigenvalue weighted by Crippen LogP contribution is 2.37. The Hall–Kier alpha value is -1.04. The van der Waals surface area contributed by atoms with Crippen LogP contribution in [-0.2, 0) is 0 Å². The summed E-state index contributed by atoms with van der Waals surface area (Å²) in [5.41, 5.74) is 7.03. The fraction of sp³-hybridized carbons (Fsp3) is 0.688. The van der Waals surface area contributed by atoms with E-state index in [9.17, 15) is 9.50 Å². The number of fused-ring (bicyclic) bond motifs is 2. The van der Waals surface area contributed by atoms with Gasteiger partial charge in [-0.3, -0.25) is 9.88 Å². The third kappa shape index (κ3) is 3.10. The van der Waals surface area contributed by atoms with Crippen molar-refractivity contribution in [3.05, 3.63) is 29.8 Å². The number of nitrogens with zero attached hydrogens (tertiary/aromatic N) is 2. The van der Waals surface area contributed by atoms with Gasteiger partial charge in [-0.05, 0) is 43.7 Å². The van der Waals surface area contributed by atoms with Gasteiger partial charge in [-0.15, -0.1) is 0 Å². The minimum absolute atomic E-state index is 0.138. The number of hydrogen-bond donors (Lipinski definition) is 2. The molecule has 2 aliphatic heterocycles. The summed E-state index contributed by atoms with van der Waals surface area (Å²) in [5, 5.41) is 9.86. The third-order valence-electron chi connectivity index (χ3n) is 5.06. The molecule has 5 heteroatoms. The maximum Gasteiger partial charge on any atom is 0.141 e. The Morgan fingerprint density at radius 3 is 2.62 bits per heavy atom. The molecule has 0 spiro atoms. The highest BCUT2D eigenvalue weighted by atomic mass is 19.1. The van der Waals surface area contributed by atoms with Crippen molar-refractivity contribution in [1.29, 1.82) is 0 Å². The van der Waals surface area contributed by atoms with E-state index in [0.717, 1.165) is 25.1 Å². The number of rotatable bonds is 4. The van der Waals surface area contributed by atoms with E-state index in [1.165, 1.54) is 25.1 Å². The normalized spacial score (nSPS) is 32.1. The molecule has 3 heterocycles. The van der Waals surface area contributed by atoms with Crippen molar-refractivity contribution in [2.45, 2.75) is 56.8 Å². The Morgan fingerprint density at radius 2 is 2.05 bits per heavy atom. The van der Waals surface area contributed by atoms with Crippen LogP contribution in [0, 0.1) is 11.7 Å². The monoisotopic (exact) mass is 293 g/mol. The minimum Gasteiger partial charge on any atom is -0.393 e. The lowest BCUT2D eigenvalue weighted by atomic mass is 9.94. The number of piperidine rings is 1. The maximum atomic E-state index is 12.9. The third-order valence-corrected chi connectivity index (χ3v) is 5.06. The smallest absolute Gasteiger partial charge is 0.141 e. The lowest BCUT2D eigenvalue weighted by Gasteiger charge is -2.39. The van der Waals surface area contributed by atoms with Crippen LogP contribution in [0.2, 0.25) is 0 Å². The largest absolute Gasteiger partial charge is 0.393 e. The van der Waals surface area contributed by atoms with Crippen molar-refractivity contribution < 1.29 is 9.50 Å². The average Bonchev–Trinajstić information content (AvgIpc) is 2.70. The molecular weight excluding hydrogens is 269 g/mol. The molecule has 21 heavy (non-hydrogen) atoms. The van der Waals surface area contributed by atoms with E-state index in [1.807, 2.05) is 0 Å². The minimum atomic E-state index is -0.332. The molecule has 1 aromatic rings. The van der Waals surface area contributed by atoms with E-state index in [4.69, 9.17) is 5.73 Å². The molecule has 2 fully saturated rings. The summed E-state index contributed by atoms with van der Waals surface area (Å²) < 4.78 is 12.9. The van der Waals surface area contributed by atoms with Gasteiger partial charge in [0.05, 0.1) is 24.0 Å². The van der Waals surface area contributed by atoms with Crippen molar-refractivity contribution in [2.75, 3.05) is 6.54 Å². The van der Waals surface area contributed by atoms with Crippen molar-refractivity contribution in [3.63, 3.8) is 0 Å². The van der Waals surface area contributed by atoms with Crippen LogP contribution in [0.3, 0.4) is 0 Å². The summed E-state index contributed by atoms with van der Waals surface area (Å²) in [6.45, 7) is 3.04. The van der Waals surface area contributed by atoms with Crippen LogP contribution in [0.1, 0.15) is 44.3 Å². The summed E-state index contributed by atoms with van der Waals surface area (Å²) in [7, 11) is 0. The Bertz CT molecular complexity index is 467. The molecule has 0 aromatic carbocycles. The first-order valence-corrected chi connectivity index (χ1v) is 7.85.